The third-order valence-corrected chi connectivity index (χ3v) is 8.23. The van der Waals surface area contributed by atoms with Gasteiger partial charge in [0.2, 0.25) is 0 Å². The Hall–Kier alpha value is -2.46. The largest absolute Gasteiger partial charge is 0.389 e. The highest BCUT2D eigenvalue weighted by Crippen LogP contribution is 2.56. The number of aliphatic hydroxyl groups is 1. The Morgan fingerprint density at radius 3 is 2.73 bits per heavy atom. The van der Waals surface area contributed by atoms with E-state index in [1.54, 1.807) is 0 Å². The van der Waals surface area contributed by atoms with Crippen LogP contribution in [0.4, 0.5) is 5.69 Å². The van der Waals surface area contributed by atoms with Gasteiger partial charge in [-0.25, -0.2) is 0 Å². The number of fused-ring (bicyclic) bond motifs is 5. The molecule has 0 aromatic heterocycles. The number of benzene rings is 2. The van der Waals surface area contributed by atoms with E-state index in [0.29, 0.717) is 0 Å². The Kier molecular flexibility index (Phi) is 4.24. The molecule has 3 aliphatic rings. The average molecular weight is 403 g/mol. The molecule has 1 saturated heterocycles. The van der Waals surface area contributed by atoms with Crippen molar-refractivity contribution in [2.75, 3.05) is 6.54 Å². The summed E-state index contributed by atoms with van der Waals surface area (Å²) in [6, 6.07) is 12.5. The molecule has 1 amide bonds. The number of aliphatic hydroxyl groups excluding tert-OH is 1. The predicted octanol–water partition coefficient (Wildman–Crippen LogP) is 4.75. The van der Waals surface area contributed by atoms with Gasteiger partial charge in [-0.1, -0.05) is 39.0 Å². The number of aliphatic imine (C=N–C) groups is 1. The van der Waals surface area contributed by atoms with Gasteiger partial charge in [0, 0.05) is 36.2 Å². The second kappa shape index (κ2) is 6.52. The predicted molar refractivity (Wildman–Crippen MR) is 120 cm³/mol. The van der Waals surface area contributed by atoms with Crippen LogP contribution in [0.25, 0.3) is 0 Å². The molecule has 4 nitrogen and oxygen atoms in total. The number of hydrogen-bond donors (Lipinski definition) is 1. The van der Waals surface area contributed by atoms with Crippen molar-refractivity contribution in [3.63, 3.8) is 0 Å². The molecule has 2 aromatic rings. The first-order valence-corrected chi connectivity index (χ1v) is 11.0. The Labute approximate surface area is 178 Å². The lowest BCUT2D eigenvalue weighted by molar-refractivity contribution is -0.0262. The highest BCUT2D eigenvalue weighted by Gasteiger charge is 2.56. The zero-order valence-electron chi connectivity index (χ0n) is 18.3. The van der Waals surface area contributed by atoms with E-state index in [1.165, 1.54) is 11.1 Å². The molecular weight excluding hydrogens is 372 g/mol. The van der Waals surface area contributed by atoms with E-state index < -0.39 is 6.10 Å². The van der Waals surface area contributed by atoms with E-state index in [4.69, 9.17) is 0 Å². The van der Waals surface area contributed by atoms with Crippen molar-refractivity contribution in [2.45, 2.75) is 64.5 Å². The molecule has 2 heterocycles. The smallest absolute Gasteiger partial charge is 0.254 e. The monoisotopic (exact) mass is 402 g/mol. The van der Waals surface area contributed by atoms with Crippen molar-refractivity contribution >= 4 is 17.8 Å². The van der Waals surface area contributed by atoms with Crippen LogP contribution in [0.3, 0.4) is 0 Å². The molecule has 1 fully saturated rings. The summed E-state index contributed by atoms with van der Waals surface area (Å²) in [6.45, 7) is 9.58. The Bertz CT molecular complexity index is 1070. The SMILES string of the molecule is CC(O)c1ccc2c(c1)C[C@H]1N(C(=O)c3ccc4c(c3)CC=N4)CC[C@]2(C)C1(C)C. The van der Waals surface area contributed by atoms with Gasteiger partial charge in [0.1, 0.15) is 0 Å². The van der Waals surface area contributed by atoms with Gasteiger partial charge in [-0.15, -0.1) is 0 Å². The maximum atomic E-state index is 13.6. The molecule has 1 N–H and O–H groups in total. The summed E-state index contributed by atoms with van der Waals surface area (Å²) in [5.41, 5.74) is 6.46. The van der Waals surface area contributed by atoms with Crippen molar-refractivity contribution in [1.82, 2.24) is 4.90 Å². The number of carbonyl (C=O) groups is 1. The van der Waals surface area contributed by atoms with E-state index >= 15 is 0 Å². The first-order valence-electron chi connectivity index (χ1n) is 11.0. The van der Waals surface area contributed by atoms with Gasteiger partial charge in [0.25, 0.3) is 5.91 Å². The topological polar surface area (TPSA) is 52.9 Å². The lowest BCUT2D eigenvalue weighted by Crippen LogP contribution is -2.64. The third kappa shape index (κ3) is 2.63. The second-order valence-corrected chi connectivity index (χ2v) is 9.97. The first kappa shape index (κ1) is 19.5. The molecule has 156 valence electrons. The van der Waals surface area contributed by atoms with Crippen LogP contribution in [0.5, 0.6) is 0 Å². The molecule has 1 aliphatic carbocycles. The van der Waals surface area contributed by atoms with Gasteiger partial charge in [-0.2, -0.15) is 0 Å². The van der Waals surface area contributed by atoms with Crippen LogP contribution in [-0.2, 0) is 18.3 Å². The van der Waals surface area contributed by atoms with Crippen molar-refractivity contribution in [2.24, 2.45) is 10.4 Å². The molecule has 3 atom stereocenters. The van der Waals surface area contributed by atoms with Crippen LogP contribution in [-0.4, -0.2) is 34.7 Å². The highest BCUT2D eigenvalue weighted by molar-refractivity contribution is 5.96. The Morgan fingerprint density at radius 2 is 1.97 bits per heavy atom. The zero-order valence-corrected chi connectivity index (χ0v) is 18.3. The second-order valence-electron chi connectivity index (χ2n) is 9.97. The molecule has 5 rings (SSSR count). The van der Waals surface area contributed by atoms with Crippen molar-refractivity contribution in [3.8, 4) is 0 Å². The molecule has 2 bridgehead atoms. The number of nitrogens with zero attached hydrogens (tertiary/aromatic N) is 2. The number of carbonyl (C=O) groups excluding carboxylic acids is 1. The fourth-order valence-corrected chi connectivity index (χ4v) is 5.87. The summed E-state index contributed by atoms with van der Waals surface area (Å²) in [5.74, 6) is 0.125. The number of rotatable bonds is 2. The molecule has 2 aliphatic heterocycles. The molecule has 0 radical (unpaired) electrons. The average Bonchev–Trinajstić information content (AvgIpc) is 3.17. The Balaban J connectivity index is 1.54. The van der Waals surface area contributed by atoms with Crippen molar-refractivity contribution in [3.05, 3.63) is 64.2 Å². The van der Waals surface area contributed by atoms with Gasteiger partial charge in [-0.05, 0) is 65.6 Å². The third-order valence-electron chi connectivity index (χ3n) is 8.23. The number of amides is 1. The summed E-state index contributed by atoms with van der Waals surface area (Å²) in [7, 11) is 0. The van der Waals surface area contributed by atoms with Gasteiger partial charge in [0.15, 0.2) is 0 Å². The van der Waals surface area contributed by atoms with E-state index in [0.717, 1.165) is 48.2 Å². The minimum atomic E-state index is -0.482. The molecule has 0 saturated carbocycles. The molecule has 4 heteroatoms. The van der Waals surface area contributed by atoms with Crippen LogP contribution < -0.4 is 0 Å². The Morgan fingerprint density at radius 1 is 1.17 bits per heavy atom. The molecule has 30 heavy (non-hydrogen) atoms. The standard InChI is InChI=1S/C26H30N2O2/c1-16(29)17-5-7-21-20(13-17)15-23-25(2,3)26(21,4)10-12-28(23)24(30)19-6-8-22-18(14-19)9-11-27-22/h5-8,11,13-14,16,23,29H,9-10,12,15H2,1-4H3/t16?,23-,26+/m1/s1. The fraction of sp³-hybridized carbons (Fsp3) is 0.462. The van der Waals surface area contributed by atoms with Gasteiger partial charge in [-0.3, -0.25) is 9.79 Å². The summed E-state index contributed by atoms with van der Waals surface area (Å²) in [4.78, 5) is 20.1. The van der Waals surface area contributed by atoms with Crippen molar-refractivity contribution in [1.29, 1.82) is 0 Å². The summed E-state index contributed by atoms with van der Waals surface area (Å²) in [6.07, 6.45) is 4.00. The maximum Gasteiger partial charge on any atom is 0.254 e. The molecule has 2 aromatic carbocycles. The fourth-order valence-electron chi connectivity index (χ4n) is 5.87. The summed E-state index contributed by atoms with van der Waals surface area (Å²) < 4.78 is 0. The van der Waals surface area contributed by atoms with Crippen LogP contribution in [0, 0.1) is 5.41 Å². The normalized spacial score (nSPS) is 26.8. The lowest BCUT2D eigenvalue weighted by Gasteiger charge is -2.61. The first-order chi connectivity index (χ1) is 14.2. The minimum Gasteiger partial charge on any atom is -0.389 e. The lowest BCUT2D eigenvalue weighted by atomic mass is 9.51. The molecule has 0 spiro atoms. The van der Waals surface area contributed by atoms with Crippen LogP contribution >= 0.6 is 0 Å². The van der Waals surface area contributed by atoms with Gasteiger partial charge < -0.3 is 10.0 Å². The number of likely N-dealkylation sites (tertiary alicyclic amines) is 1. The summed E-state index contributed by atoms with van der Waals surface area (Å²) >= 11 is 0. The van der Waals surface area contributed by atoms with Crippen LogP contribution in [0.15, 0.2) is 41.4 Å². The van der Waals surface area contributed by atoms with Crippen molar-refractivity contribution < 1.29 is 9.90 Å². The number of hydrogen-bond acceptors (Lipinski definition) is 3. The molecule has 1 unspecified atom stereocenters. The highest BCUT2D eigenvalue weighted by atomic mass is 16.3. The minimum absolute atomic E-state index is 0.00499. The van der Waals surface area contributed by atoms with E-state index in [1.807, 2.05) is 31.3 Å². The quantitative estimate of drug-likeness (QED) is 0.788. The molecular formula is C26H30N2O2. The van der Waals surface area contributed by atoms with Crippen LogP contribution in [0.1, 0.15) is 72.8 Å². The van der Waals surface area contributed by atoms with E-state index in [-0.39, 0.29) is 22.8 Å². The van der Waals surface area contributed by atoms with Crippen LogP contribution in [0.2, 0.25) is 0 Å². The van der Waals surface area contributed by atoms with E-state index in [9.17, 15) is 9.90 Å². The zero-order chi connectivity index (χ0) is 21.3. The summed E-state index contributed by atoms with van der Waals surface area (Å²) in [5, 5.41) is 10.1. The number of piperidine rings is 1. The van der Waals surface area contributed by atoms with Gasteiger partial charge >= 0.3 is 0 Å². The van der Waals surface area contributed by atoms with E-state index in [2.05, 4.69) is 48.9 Å². The van der Waals surface area contributed by atoms with Gasteiger partial charge in [0.05, 0.1) is 11.8 Å². The maximum absolute atomic E-state index is 13.6.